The van der Waals surface area contributed by atoms with Crippen LogP contribution in [0, 0.1) is 5.82 Å². The summed E-state index contributed by atoms with van der Waals surface area (Å²) in [5.41, 5.74) is 0.326. The standard InChI is InChI=1S/C9H10FNO/c10-8-5-11-4-1-7(8)9(6-12)2-3-9/h1,4-5,12H,2-3,6H2. The number of hydrogen-bond acceptors (Lipinski definition) is 2. The van der Waals surface area contributed by atoms with Gasteiger partial charge in [0, 0.05) is 11.6 Å². The van der Waals surface area contributed by atoms with Crippen LogP contribution in [0.5, 0.6) is 0 Å². The number of aromatic nitrogens is 1. The molecule has 3 heteroatoms. The van der Waals surface area contributed by atoms with Crippen molar-refractivity contribution in [3.63, 3.8) is 0 Å². The largest absolute Gasteiger partial charge is 0.395 e. The average Bonchev–Trinajstić information content (AvgIpc) is 2.86. The lowest BCUT2D eigenvalue weighted by atomic mass is 9.98. The third kappa shape index (κ3) is 1.01. The van der Waals surface area contributed by atoms with Crippen LogP contribution in [0.3, 0.4) is 0 Å². The summed E-state index contributed by atoms with van der Waals surface area (Å²) in [5, 5.41) is 9.05. The minimum atomic E-state index is -0.302. The summed E-state index contributed by atoms with van der Waals surface area (Å²) in [7, 11) is 0. The van der Waals surface area contributed by atoms with Gasteiger partial charge in [0.1, 0.15) is 5.82 Å². The van der Waals surface area contributed by atoms with Gasteiger partial charge in [-0.15, -0.1) is 0 Å². The molecule has 1 aromatic rings. The molecular formula is C9H10FNO. The van der Waals surface area contributed by atoms with Gasteiger partial charge in [0.15, 0.2) is 0 Å². The van der Waals surface area contributed by atoms with Crippen LogP contribution in [0.25, 0.3) is 0 Å². The highest BCUT2D eigenvalue weighted by Crippen LogP contribution is 2.48. The number of halogens is 1. The predicted molar refractivity (Wildman–Crippen MR) is 42.2 cm³/mol. The van der Waals surface area contributed by atoms with E-state index in [1.807, 2.05) is 0 Å². The van der Waals surface area contributed by atoms with Gasteiger partial charge >= 0.3 is 0 Å². The molecule has 1 fully saturated rings. The predicted octanol–water partition coefficient (Wildman–Crippen LogP) is 1.24. The molecule has 0 spiro atoms. The molecule has 0 aliphatic heterocycles. The Hall–Kier alpha value is -0.960. The Bertz CT molecular complexity index is 296. The Balaban J connectivity index is 2.40. The van der Waals surface area contributed by atoms with Crippen molar-refractivity contribution < 1.29 is 9.50 Å². The number of aliphatic hydroxyl groups is 1. The number of pyridine rings is 1. The molecule has 2 rings (SSSR count). The van der Waals surface area contributed by atoms with Crippen molar-refractivity contribution in [2.45, 2.75) is 18.3 Å². The molecular weight excluding hydrogens is 157 g/mol. The third-order valence-corrected chi connectivity index (χ3v) is 2.50. The second-order valence-corrected chi connectivity index (χ2v) is 3.29. The highest BCUT2D eigenvalue weighted by Gasteiger charge is 2.45. The molecule has 1 N–H and O–H groups in total. The van der Waals surface area contributed by atoms with Crippen LogP contribution < -0.4 is 0 Å². The quantitative estimate of drug-likeness (QED) is 0.719. The summed E-state index contributed by atoms with van der Waals surface area (Å²) >= 11 is 0. The fourth-order valence-electron chi connectivity index (χ4n) is 1.47. The maximum Gasteiger partial charge on any atom is 0.145 e. The fraction of sp³-hybridized carbons (Fsp3) is 0.444. The lowest BCUT2D eigenvalue weighted by molar-refractivity contribution is 0.252. The van der Waals surface area contributed by atoms with Gasteiger partial charge in [-0.1, -0.05) is 0 Å². The van der Waals surface area contributed by atoms with E-state index in [1.54, 1.807) is 12.3 Å². The summed E-state index contributed by atoms with van der Waals surface area (Å²) < 4.78 is 13.1. The number of nitrogens with zero attached hydrogens (tertiary/aromatic N) is 1. The highest BCUT2D eigenvalue weighted by atomic mass is 19.1. The van der Waals surface area contributed by atoms with Gasteiger partial charge in [-0.3, -0.25) is 4.98 Å². The van der Waals surface area contributed by atoms with E-state index in [1.165, 1.54) is 6.20 Å². The first-order valence-electron chi connectivity index (χ1n) is 3.99. The van der Waals surface area contributed by atoms with Crippen molar-refractivity contribution in [3.8, 4) is 0 Å². The topological polar surface area (TPSA) is 33.1 Å². The number of rotatable bonds is 2. The van der Waals surface area contributed by atoms with Crippen LogP contribution in [-0.2, 0) is 5.41 Å². The zero-order valence-electron chi connectivity index (χ0n) is 6.63. The van der Waals surface area contributed by atoms with E-state index < -0.39 is 0 Å². The van der Waals surface area contributed by atoms with E-state index in [4.69, 9.17) is 5.11 Å². The van der Waals surface area contributed by atoms with Crippen molar-refractivity contribution in [2.24, 2.45) is 0 Å². The van der Waals surface area contributed by atoms with Crippen molar-refractivity contribution in [1.29, 1.82) is 0 Å². The van der Waals surface area contributed by atoms with Crippen LogP contribution in [0.15, 0.2) is 18.5 Å². The molecule has 0 unspecified atom stereocenters. The monoisotopic (exact) mass is 167 g/mol. The summed E-state index contributed by atoms with van der Waals surface area (Å²) in [6.45, 7) is 0.0356. The van der Waals surface area contributed by atoms with Crippen LogP contribution in [-0.4, -0.2) is 16.7 Å². The molecule has 1 aliphatic carbocycles. The molecule has 1 aromatic heterocycles. The molecule has 1 saturated carbocycles. The minimum Gasteiger partial charge on any atom is -0.395 e. The molecule has 0 radical (unpaired) electrons. The average molecular weight is 167 g/mol. The Morgan fingerprint density at radius 1 is 1.58 bits per heavy atom. The first-order chi connectivity index (χ1) is 5.78. The van der Waals surface area contributed by atoms with Gasteiger partial charge in [-0.25, -0.2) is 4.39 Å². The van der Waals surface area contributed by atoms with Crippen LogP contribution in [0.2, 0.25) is 0 Å². The zero-order chi connectivity index (χ0) is 8.60. The molecule has 0 atom stereocenters. The van der Waals surface area contributed by atoms with E-state index >= 15 is 0 Å². The fourth-order valence-corrected chi connectivity index (χ4v) is 1.47. The maximum atomic E-state index is 13.1. The Kier molecular flexibility index (Phi) is 1.61. The van der Waals surface area contributed by atoms with E-state index in [0.29, 0.717) is 5.56 Å². The van der Waals surface area contributed by atoms with Gasteiger partial charge in [0.25, 0.3) is 0 Å². The van der Waals surface area contributed by atoms with Crippen molar-refractivity contribution in [1.82, 2.24) is 4.98 Å². The molecule has 0 bridgehead atoms. The van der Waals surface area contributed by atoms with E-state index in [2.05, 4.69) is 4.98 Å². The SMILES string of the molecule is OCC1(c2ccncc2F)CC1. The Morgan fingerprint density at radius 2 is 2.33 bits per heavy atom. The summed E-state index contributed by atoms with van der Waals surface area (Å²) in [6.07, 6.45) is 4.52. The van der Waals surface area contributed by atoms with Crippen LogP contribution in [0.4, 0.5) is 4.39 Å². The molecule has 64 valence electrons. The van der Waals surface area contributed by atoms with E-state index in [0.717, 1.165) is 12.8 Å². The Morgan fingerprint density at radius 3 is 2.83 bits per heavy atom. The molecule has 0 amide bonds. The van der Waals surface area contributed by atoms with Crippen LogP contribution in [0.1, 0.15) is 18.4 Å². The second-order valence-electron chi connectivity index (χ2n) is 3.29. The maximum absolute atomic E-state index is 13.1. The van der Waals surface area contributed by atoms with Gasteiger partial charge in [-0.2, -0.15) is 0 Å². The number of hydrogen-bond donors (Lipinski definition) is 1. The molecule has 0 saturated heterocycles. The minimum absolute atomic E-state index is 0.0356. The van der Waals surface area contributed by atoms with Crippen LogP contribution >= 0.6 is 0 Å². The zero-order valence-corrected chi connectivity index (χ0v) is 6.63. The van der Waals surface area contributed by atoms with Gasteiger partial charge in [0.05, 0.1) is 12.8 Å². The first kappa shape index (κ1) is 7.68. The highest BCUT2D eigenvalue weighted by molar-refractivity contribution is 5.30. The lowest BCUT2D eigenvalue weighted by Gasteiger charge is -2.11. The lowest BCUT2D eigenvalue weighted by Crippen LogP contribution is -2.13. The van der Waals surface area contributed by atoms with E-state index in [9.17, 15) is 4.39 Å². The third-order valence-electron chi connectivity index (χ3n) is 2.50. The Labute approximate surface area is 70.1 Å². The molecule has 12 heavy (non-hydrogen) atoms. The summed E-state index contributed by atoms with van der Waals surface area (Å²) in [4.78, 5) is 3.66. The van der Waals surface area contributed by atoms with Crippen molar-refractivity contribution in [3.05, 3.63) is 29.8 Å². The smallest absolute Gasteiger partial charge is 0.145 e. The number of aliphatic hydroxyl groups excluding tert-OH is 1. The van der Waals surface area contributed by atoms with Gasteiger partial charge in [0.2, 0.25) is 0 Å². The van der Waals surface area contributed by atoms with Gasteiger partial charge < -0.3 is 5.11 Å². The molecule has 2 nitrogen and oxygen atoms in total. The molecule has 1 heterocycles. The summed E-state index contributed by atoms with van der Waals surface area (Å²) in [6, 6.07) is 1.65. The molecule has 0 aromatic carbocycles. The van der Waals surface area contributed by atoms with Gasteiger partial charge in [-0.05, 0) is 24.5 Å². The first-order valence-corrected chi connectivity index (χ1v) is 3.99. The van der Waals surface area contributed by atoms with Crippen molar-refractivity contribution >= 4 is 0 Å². The normalized spacial score (nSPS) is 19.2. The second kappa shape index (κ2) is 2.52. The van der Waals surface area contributed by atoms with E-state index in [-0.39, 0.29) is 17.8 Å². The molecule has 1 aliphatic rings. The van der Waals surface area contributed by atoms with Crippen molar-refractivity contribution in [2.75, 3.05) is 6.61 Å². The summed E-state index contributed by atoms with van der Waals surface area (Å²) in [5.74, 6) is -0.302.